The highest BCUT2D eigenvalue weighted by Gasteiger charge is 2.23. The molecule has 0 bridgehead atoms. The number of hydrogen-bond acceptors (Lipinski definition) is 3. The normalized spacial score (nSPS) is 11.7. The maximum absolute atomic E-state index is 9.44. The first-order chi connectivity index (χ1) is 12.5. The Hall–Kier alpha value is -2.00. The van der Waals surface area contributed by atoms with Crippen LogP contribution in [0.25, 0.3) is 0 Å². The first kappa shape index (κ1) is 23.0. The number of aromatic hydroxyl groups is 1. The average molecular weight is 373 g/mol. The molecule has 27 heavy (non-hydrogen) atoms. The zero-order chi connectivity index (χ0) is 20.7. The molecule has 0 spiro atoms. The Balaban J connectivity index is 0.000000828. The van der Waals surface area contributed by atoms with Crippen LogP contribution in [0.4, 0.5) is 0 Å². The van der Waals surface area contributed by atoms with Gasteiger partial charge in [0.1, 0.15) is 11.5 Å². The van der Waals surface area contributed by atoms with Crippen LogP contribution in [0.3, 0.4) is 0 Å². The quantitative estimate of drug-likeness (QED) is 0.676. The number of phenolic OH excluding ortho intramolecular Hbond substituents is 1. The van der Waals surface area contributed by atoms with E-state index < -0.39 is 0 Å². The maximum atomic E-state index is 9.44. The molecule has 0 aromatic heterocycles. The van der Waals surface area contributed by atoms with E-state index in [9.17, 15) is 10.2 Å². The molecule has 0 heterocycles. The molecule has 0 aliphatic heterocycles. The van der Waals surface area contributed by atoms with Crippen LogP contribution in [0.15, 0.2) is 48.5 Å². The van der Waals surface area contributed by atoms with Gasteiger partial charge in [0.05, 0.1) is 13.2 Å². The predicted octanol–water partition coefficient (Wildman–Crippen LogP) is 5.78. The lowest BCUT2D eigenvalue weighted by atomic mass is 9.78. The van der Waals surface area contributed by atoms with E-state index in [-0.39, 0.29) is 23.2 Å². The second-order valence-corrected chi connectivity index (χ2v) is 9.04. The summed E-state index contributed by atoms with van der Waals surface area (Å²) in [4.78, 5) is 0. The fraction of sp³-hybridized carbons (Fsp3) is 0.500. The van der Waals surface area contributed by atoms with Gasteiger partial charge in [-0.25, -0.2) is 0 Å². The summed E-state index contributed by atoms with van der Waals surface area (Å²) in [6.07, 6.45) is 0. The standard InChI is InChI=1S/C20H26O3.C4H10/c1-19(2,13-21)14-23-18-11-7-16(8-12-18)20(3,4)15-5-9-17(22)10-6-15;1-4(2)3/h5-12,21-22H,13-14H2,1-4H3;4H,1-3H3. The van der Waals surface area contributed by atoms with Crippen LogP contribution in [0.2, 0.25) is 0 Å². The molecule has 2 rings (SSSR count). The molecule has 0 saturated heterocycles. The minimum Gasteiger partial charge on any atom is -0.508 e. The van der Waals surface area contributed by atoms with Crippen molar-refractivity contribution in [2.45, 2.75) is 53.9 Å². The molecule has 0 amide bonds. The zero-order valence-corrected chi connectivity index (χ0v) is 17.9. The van der Waals surface area contributed by atoms with E-state index in [1.54, 1.807) is 12.1 Å². The van der Waals surface area contributed by atoms with Crippen molar-refractivity contribution in [3.8, 4) is 11.5 Å². The second kappa shape index (κ2) is 9.80. The second-order valence-electron chi connectivity index (χ2n) is 9.04. The average Bonchev–Trinajstić information content (AvgIpc) is 2.60. The molecule has 0 aliphatic rings. The van der Waals surface area contributed by atoms with Gasteiger partial charge in [-0.05, 0) is 41.3 Å². The van der Waals surface area contributed by atoms with E-state index >= 15 is 0 Å². The van der Waals surface area contributed by atoms with Gasteiger partial charge in [-0.1, -0.05) is 72.7 Å². The van der Waals surface area contributed by atoms with Gasteiger partial charge in [-0.3, -0.25) is 0 Å². The van der Waals surface area contributed by atoms with Gasteiger partial charge in [0.25, 0.3) is 0 Å². The van der Waals surface area contributed by atoms with Crippen LogP contribution in [0.5, 0.6) is 11.5 Å². The van der Waals surface area contributed by atoms with Crippen LogP contribution < -0.4 is 4.74 Å². The van der Waals surface area contributed by atoms with Crippen molar-refractivity contribution >= 4 is 0 Å². The number of hydrogen-bond donors (Lipinski definition) is 2. The third-order valence-corrected chi connectivity index (χ3v) is 4.22. The highest BCUT2D eigenvalue weighted by molar-refractivity contribution is 5.41. The summed E-state index contributed by atoms with van der Waals surface area (Å²) in [7, 11) is 0. The third-order valence-electron chi connectivity index (χ3n) is 4.22. The molecule has 0 saturated carbocycles. The van der Waals surface area contributed by atoms with E-state index in [4.69, 9.17) is 4.74 Å². The fourth-order valence-corrected chi connectivity index (χ4v) is 2.34. The molecule has 0 aliphatic carbocycles. The summed E-state index contributed by atoms with van der Waals surface area (Å²) < 4.78 is 5.76. The van der Waals surface area contributed by atoms with Crippen molar-refractivity contribution in [2.75, 3.05) is 13.2 Å². The van der Waals surface area contributed by atoms with Crippen molar-refractivity contribution in [3.05, 3.63) is 59.7 Å². The van der Waals surface area contributed by atoms with Crippen molar-refractivity contribution in [1.29, 1.82) is 0 Å². The molecule has 2 aromatic carbocycles. The van der Waals surface area contributed by atoms with Crippen LogP contribution in [0.1, 0.15) is 59.6 Å². The minimum atomic E-state index is -0.246. The summed E-state index contributed by atoms with van der Waals surface area (Å²) in [6.45, 7) is 15.3. The van der Waals surface area contributed by atoms with Crippen LogP contribution >= 0.6 is 0 Å². The number of aliphatic hydroxyl groups is 1. The van der Waals surface area contributed by atoms with Gasteiger partial charge >= 0.3 is 0 Å². The van der Waals surface area contributed by atoms with Gasteiger partial charge in [0.15, 0.2) is 0 Å². The number of phenols is 1. The van der Waals surface area contributed by atoms with Crippen molar-refractivity contribution in [3.63, 3.8) is 0 Å². The zero-order valence-electron chi connectivity index (χ0n) is 17.9. The van der Waals surface area contributed by atoms with Crippen LogP contribution in [-0.4, -0.2) is 23.4 Å². The summed E-state index contributed by atoms with van der Waals surface area (Å²) in [5.74, 6) is 1.91. The molecule has 3 heteroatoms. The molecular formula is C24H36O3. The summed E-state index contributed by atoms with van der Waals surface area (Å²) >= 11 is 0. The van der Waals surface area contributed by atoms with Gasteiger partial charge in [0, 0.05) is 10.8 Å². The van der Waals surface area contributed by atoms with Gasteiger partial charge in [-0.15, -0.1) is 0 Å². The summed E-state index contributed by atoms with van der Waals surface area (Å²) in [5, 5.41) is 18.7. The molecular weight excluding hydrogens is 336 g/mol. The van der Waals surface area contributed by atoms with Gasteiger partial charge in [0.2, 0.25) is 0 Å². The largest absolute Gasteiger partial charge is 0.508 e. The van der Waals surface area contributed by atoms with Crippen molar-refractivity contribution in [1.82, 2.24) is 0 Å². The maximum Gasteiger partial charge on any atom is 0.119 e. The monoisotopic (exact) mass is 372 g/mol. The topological polar surface area (TPSA) is 49.7 Å². The highest BCUT2D eigenvalue weighted by Crippen LogP contribution is 2.33. The van der Waals surface area contributed by atoms with Crippen LogP contribution in [-0.2, 0) is 5.41 Å². The van der Waals surface area contributed by atoms with Crippen molar-refractivity contribution in [2.24, 2.45) is 11.3 Å². The number of ether oxygens (including phenoxy) is 1. The Morgan fingerprint density at radius 3 is 1.63 bits per heavy atom. The highest BCUT2D eigenvalue weighted by atomic mass is 16.5. The lowest BCUT2D eigenvalue weighted by Crippen LogP contribution is -2.25. The predicted molar refractivity (Wildman–Crippen MR) is 114 cm³/mol. The first-order valence-electron chi connectivity index (χ1n) is 9.61. The first-order valence-corrected chi connectivity index (χ1v) is 9.61. The molecule has 0 unspecified atom stereocenters. The number of benzene rings is 2. The van der Waals surface area contributed by atoms with Crippen molar-refractivity contribution < 1.29 is 14.9 Å². The molecule has 3 nitrogen and oxygen atoms in total. The molecule has 150 valence electrons. The van der Waals surface area contributed by atoms with Gasteiger partial charge in [-0.2, -0.15) is 0 Å². The van der Waals surface area contributed by atoms with Gasteiger partial charge < -0.3 is 14.9 Å². The fourth-order valence-electron chi connectivity index (χ4n) is 2.34. The Kier molecular flexibility index (Phi) is 8.36. The van der Waals surface area contributed by atoms with E-state index in [0.29, 0.717) is 6.61 Å². The lowest BCUT2D eigenvalue weighted by molar-refractivity contribution is 0.0975. The molecule has 0 fully saturated rings. The number of rotatable bonds is 6. The Morgan fingerprint density at radius 1 is 0.815 bits per heavy atom. The molecule has 2 N–H and O–H groups in total. The van der Waals surface area contributed by atoms with E-state index in [0.717, 1.165) is 17.2 Å². The SMILES string of the molecule is CC(C)(CO)COc1ccc(C(C)(C)c2ccc(O)cc2)cc1.CC(C)C. The smallest absolute Gasteiger partial charge is 0.119 e. The van der Waals surface area contributed by atoms with E-state index in [1.807, 2.05) is 38.1 Å². The van der Waals surface area contributed by atoms with E-state index in [1.165, 1.54) is 5.56 Å². The lowest BCUT2D eigenvalue weighted by Gasteiger charge is -2.27. The summed E-state index contributed by atoms with van der Waals surface area (Å²) in [5.41, 5.74) is 1.92. The number of aliphatic hydroxyl groups excluding tert-OH is 1. The van der Waals surface area contributed by atoms with E-state index in [2.05, 4.69) is 46.8 Å². The molecule has 0 radical (unpaired) electrons. The minimum absolute atomic E-state index is 0.0962. The third kappa shape index (κ3) is 7.64. The molecule has 2 aromatic rings. The summed E-state index contributed by atoms with van der Waals surface area (Å²) in [6, 6.07) is 15.4. The Morgan fingerprint density at radius 2 is 1.22 bits per heavy atom. The Bertz CT molecular complexity index is 665. The Labute approximate surface area is 165 Å². The molecule has 0 atom stereocenters. The van der Waals surface area contributed by atoms with Crippen LogP contribution in [0, 0.1) is 11.3 Å².